The minimum Gasteiger partial charge on any atom is -0.496 e. The van der Waals surface area contributed by atoms with Crippen molar-refractivity contribution in [1.82, 2.24) is 0 Å². The van der Waals surface area contributed by atoms with Gasteiger partial charge in [0.15, 0.2) is 11.1 Å². The Morgan fingerprint density at radius 2 is 2.17 bits per heavy atom. The zero-order valence-corrected chi connectivity index (χ0v) is 7.72. The maximum atomic E-state index is 10.7. The Bertz CT molecular complexity index is 309. The van der Waals surface area contributed by atoms with Gasteiger partial charge in [0, 0.05) is 5.56 Å². The van der Waals surface area contributed by atoms with E-state index in [2.05, 4.69) is 0 Å². The number of ether oxygens (including phenoxy) is 1. The molecule has 1 aromatic carbocycles. The van der Waals surface area contributed by atoms with Crippen LogP contribution in [-0.4, -0.2) is 15.9 Å². The summed E-state index contributed by atoms with van der Waals surface area (Å²) in [6.07, 6.45) is 0. The Morgan fingerprint density at radius 3 is 2.67 bits per heavy atom. The van der Waals surface area contributed by atoms with Gasteiger partial charge < -0.3 is 9.29 Å². The third-order valence-electron chi connectivity index (χ3n) is 1.64. The standard InChI is InChI=1S/C8H10O3S/c1-6-7(11-2)4-3-5-8(6)12(9)10/h3-5H,1-2H3,(H,9,10). The van der Waals surface area contributed by atoms with E-state index in [0.717, 1.165) is 0 Å². The summed E-state index contributed by atoms with van der Waals surface area (Å²) < 4.78 is 24.6. The molecule has 0 fully saturated rings. The van der Waals surface area contributed by atoms with Gasteiger partial charge in [0.25, 0.3) is 0 Å². The van der Waals surface area contributed by atoms with E-state index in [-0.39, 0.29) is 0 Å². The smallest absolute Gasteiger partial charge is 0.186 e. The first-order chi connectivity index (χ1) is 5.66. The molecule has 1 rings (SSSR count). The SMILES string of the molecule is COc1cccc(S(=O)O)c1C. The summed E-state index contributed by atoms with van der Waals surface area (Å²) in [5, 5.41) is 0. The maximum absolute atomic E-state index is 10.7. The van der Waals surface area contributed by atoms with E-state index in [1.165, 1.54) is 7.11 Å². The van der Waals surface area contributed by atoms with Crippen LogP contribution in [0.1, 0.15) is 5.56 Å². The first-order valence-electron chi connectivity index (χ1n) is 3.41. The Balaban J connectivity index is 3.23. The van der Waals surface area contributed by atoms with Gasteiger partial charge in [-0.2, -0.15) is 0 Å². The predicted octanol–water partition coefficient (Wildman–Crippen LogP) is 1.58. The van der Waals surface area contributed by atoms with Crippen molar-refractivity contribution in [2.24, 2.45) is 0 Å². The van der Waals surface area contributed by atoms with E-state index >= 15 is 0 Å². The quantitative estimate of drug-likeness (QED) is 0.713. The second-order valence-electron chi connectivity index (χ2n) is 2.33. The number of hydrogen-bond donors (Lipinski definition) is 1. The fraction of sp³-hybridized carbons (Fsp3) is 0.250. The lowest BCUT2D eigenvalue weighted by Crippen LogP contribution is -1.95. The molecule has 3 nitrogen and oxygen atoms in total. The summed E-state index contributed by atoms with van der Waals surface area (Å²) in [7, 11) is 1.53. The average Bonchev–Trinajstić information content (AvgIpc) is 2.04. The predicted molar refractivity (Wildman–Crippen MR) is 46.8 cm³/mol. The molecule has 0 saturated carbocycles. The number of rotatable bonds is 2. The number of hydrogen-bond acceptors (Lipinski definition) is 2. The molecule has 0 aliphatic heterocycles. The molecule has 0 aliphatic carbocycles. The van der Waals surface area contributed by atoms with E-state index in [9.17, 15) is 4.21 Å². The van der Waals surface area contributed by atoms with Crippen LogP contribution in [0.3, 0.4) is 0 Å². The first kappa shape index (κ1) is 9.22. The lowest BCUT2D eigenvalue weighted by molar-refractivity contribution is 0.410. The topological polar surface area (TPSA) is 46.5 Å². The molecule has 0 radical (unpaired) electrons. The third kappa shape index (κ3) is 1.65. The van der Waals surface area contributed by atoms with Crippen molar-refractivity contribution in [3.8, 4) is 5.75 Å². The molecule has 0 aromatic heterocycles. The summed E-state index contributed by atoms with van der Waals surface area (Å²) in [6.45, 7) is 1.75. The summed E-state index contributed by atoms with van der Waals surface area (Å²) in [5.74, 6) is 0.634. The van der Waals surface area contributed by atoms with E-state index in [0.29, 0.717) is 16.2 Å². The van der Waals surface area contributed by atoms with Gasteiger partial charge in [-0.05, 0) is 19.1 Å². The highest BCUT2D eigenvalue weighted by Crippen LogP contribution is 2.22. The average molecular weight is 186 g/mol. The van der Waals surface area contributed by atoms with Crippen LogP contribution in [0.25, 0.3) is 0 Å². The molecular formula is C8H10O3S. The van der Waals surface area contributed by atoms with Crippen molar-refractivity contribution < 1.29 is 13.5 Å². The van der Waals surface area contributed by atoms with Gasteiger partial charge in [-0.3, -0.25) is 0 Å². The van der Waals surface area contributed by atoms with E-state index in [1.807, 2.05) is 0 Å². The van der Waals surface area contributed by atoms with Crippen LogP contribution in [0.4, 0.5) is 0 Å². The highest BCUT2D eigenvalue weighted by atomic mass is 32.2. The molecule has 0 saturated heterocycles. The van der Waals surface area contributed by atoms with Gasteiger partial charge in [0.1, 0.15) is 5.75 Å². The second-order valence-corrected chi connectivity index (χ2v) is 3.27. The minimum absolute atomic E-state index is 0.398. The molecule has 1 aromatic rings. The minimum atomic E-state index is -1.93. The first-order valence-corrected chi connectivity index (χ1v) is 4.52. The molecule has 0 heterocycles. The maximum Gasteiger partial charge on any atom is 0.186 e. The van der Waals surface area contributed by atoms with Crippen LogP contribution in [0.15, 0.2) is 23.1 Å². The lowest BCUT2D eigenvalue weighted by atomic mass is 10.2. The Hall–Kier alpha value is -0.870. The Kier molecular flexibility index (Phi) is 2.83. The zero-order valence-electron chi connectivity index (χ0n) is 6.90. The van der Waals surface area contributed by atoms with E-state index in [4.69, 9.17) is 9.29 Å². The van der Waals surface area contributed by atoms with Gasteiger partial charge in [-0.1, -0.05) is 6.07 Å². The summed E-state index contributed by atoms with van der Waals surface area (Å²) in [5.41, 5.74) is 0.709. The van der Waals surface area contributed by atoms with Crippen LogP contribution in [0.2, 0.25) is 0 Å². The van der Waals surface area contributed by atoms with Crippen LogP contribution in [0.5, 0.6) is 5.75 Å². The van der Waals surface area contributed by atoms with Crippen molar-refractivity contribution in [1.29, 1.82) is 0 Å². The van der Waals surface area contributed by atoms with Crippen LogP contribution < -0.4 is 4.74 Å². The highest BCUT2D eigenvalue weighted by Gasteiger charge is 2.07. The Labute approximate surface area is 73.7 Å². The molecule has 0 bridgehead atoms. The summed E-state index contributed by atoms with van der Waals surface area (Å²) >= 11 is -1.93. The van der Waals surface area contributed by atoms with Gasteiger partial charge in [0.05, 0.1) is 12.0 Å². The third-order valence-corrected chi connectivity index (χ3v) is 2.46. The fourth-order valence-corrected chi connectivity index (χ4v) is 1.56. The number of benzene rings is 1. The molecule has 1 unspecified atom stereocenters. The molecule has 0 amide bonds. The monoisotopic (exact) mass is 186 g/mol. The molecule has 0 spiro atoms. The summed E-state index contributed by atoms with van der Waals surface area (Å²) in [6, 6.07) is 5.05. The van der Waals surface area contributed by atoms with Crippen molar-refractivity contribution in [2.75, 3.05) is 7.11 Å². The van der Waals surface area contributed by atoms with Gasteiger partial charge in [-0.25, -0.2) is 4.21 Å². The van der Waals surface area contributed by atoms with Gasteiger partial charge in [0.2, 0.25) is 0 Å². The second kappa shape index (κ2) is 3.69. The zero-order chi connectivity index (χ0) is 9.14. The van der Waals surface area contributed by atoms with Crippen molar-refractivity contribution in [2.45, 2.75) is 11.8 Å². The molecular weight excluding hydrogens is 176 g/mol. The Morgan fingerprint density at radius 1 is 1.50 bits per heavy atom. The molecule has 12 heavy (non-hydrogen) atoms. The van der Waals surface area contributed by atoms with E-state index < -0.39 is 11.1 Å². The molecule has 66 valence electrons. The lowest BCUT2D eigenvalue weighted by Gasteiger charge is -2.06. The van der Waals surface area contributed by atoms with Crippen molar-refractivity contribution in [3.05, 3.63) is 23.8 Å². The van der Waals surface area contributed by atoms with E-state index in [1.54, 1.807) is 25.1 Å². The molecule has 1 atom stereocenters. The highest BCUT2D eigenvalue weighted by molar-refractivity contribution is 7.79. The van der Waals surface area contributed by atoms with Crippen LogP contribution >= 0.6 is 0 Å². The van der Waals surface area contributed by atoms with Crippen molar-refractivity contribution >= 4 is 11.1 Å². The van der Waals surface area contributed by atoms with Crippen molar-refractivity contribution in [3.63, 3.8) is 0 Å². The summed E-state index contributed by atoms with van der Waals surface area (Å²) in [4.78, 5) is 0.398. The van der Waals surface area contributed by atoms with Gasteiger partial charge in [-0.15, -0.1) is 0 Å². The molecule has 4 heteroatoms. The van der Waals surface area contributed by atoms with Crippen LogP contribution in [0, 0.1) is 6.92 Å². The van der Waals surface area contributed by atoms with Gasteiger partial charge >= 0.3 is 0 Å². The normalized spacial score (nSPS) is 12.6. The number of methoxy groups -OCH3 is 1. The molecule has 1 N–H and O–H groups in total. The fourth-order valence-electron chi connectivity index (χ4n) is 1.00. The van der Waals surface area contributed by atoms with Crippen LogP contribution in [-0.2, 0) is 11.1 Å². The molecule has 0 aliphatic rings. The largest absolute Gasteiger partial charge is 0.496 e.